The van der Waals surface area contributed by atoms with Gasteiger partial charge in [-0.1, -0.05) is 19.9 Å². The number of benzene rings is 1. The van der Waals surface area contributed by atoms with Crippen molar-refractivity contribution in [2.75, 3.05) is 0 Å². The number of hydrogen-bond donors (Lipinski definition) is 1. The van der Waals surface area contributed by atoms with Crippen molar-refractivity contribution in [2.45, 2.75) is 31.7 Å². The lowest BCUT2D eigenvalue weighted by molar-refractivity contribution is 0.466. The third-order valence-electron chi connectivity index (χ3n) is 2.53. The molecule has 0 fully saturated rings. The number of sulfonamides is 1. The maximum absolute atomic E-state index is 13.3. The zero-order valence-electron chi connectivity index (χ0n) is 9.87. The Bertz CT molecular complexity index is 480. The fourth-order valence-electron chi connectivity index (χ4n) is 1.18. The van der Waals surface area contributed by atoms with Gasteiger partial charge in [0.25, 0.3) is 0 Å². The van der Waals surface area contributed by atoms with Gasteiger partial charge in [0.1, 0.15) is 11.6 Å². The van der Waals surface area contributed by atoms with Crippen LogP contribution in [0.15, 0.2) is 23.1 Å². The van der Waals surface area contributed by atoms with Crippen LogP contribution in [0.5, 0.6) is 0 Å². The van der Waals surface area contributed by atoms with E-state index in [-0.39, 0.29) is 5.92 Å². The molecule has 1 N–H and O–H groups in total. The van der Waals surface area contributed by atoms with Crippen molar-refractivity contribution in [1.29, 1.82) is 0 Å². The summed E-state index contributed by atoms with van der Waals surface area (Å²) in [4.78, 5) is -0.924. The van der Waals surface area contributed by atoms with E-state index in [4.69, 9.17) is 0 Å². The summed E-state index contributed by atoms with van der Waals surface area (Å²) >= 11 is 0. The molecule has 0 saturated heterocycles. The average molecular weight is 263 g/mol. The normalized spacial score (nSPS) is 14.0. The summed E-state index contributed by atoms with van der Waals surface area (Å²) in [5, 5.41) is 0. The molecule has 0 aliphatic heterocycles. The Hall–Kier alpha value is -1.01. The van der Waals surface area contributed by atoms with Crippen molar-refractivity contribution < 1.29 is 17.2 Å². The van der Waals surface area contributed by atoms with E-state index >= 15 is 0 Å². The SMILES string of the molecule is CC(C)[C@H](C)NS(=O)(=O)c1c(F)cccc1F. The Kier molecular flexibility index (Phi) is 4.21. The molecule has 0 aliphatic carbocycles. The summed E-state index contributed by atoms with van der Waals surface area (Å²) in [5.41, 5.74) is 0. The summed E-state index contributed by atoms with van der Waals surface area (Å²) in [6.07, 6.45) is 0. The standard InChI is InChI=1S/C11H15F2NO2S/c1-7(2)8(3)14-17(15,16)11-9(12)5-4-6-10(11)13/h4-8,14H,1-3H3/t8-/m0/s1. The van der Waals surface area contributed by atoms with Crippen molar-refractivity contribution in [3.63, 3.8) is 0 Å². The first-order chi connectivity index (χ1) is 7.75. The second kappa shape index (κ2) is 5.10. The quantitative estimate of drug-likeness (QED) is 0.906. The van der Waals surface area contributed by atoms with Crippen LogP contribution in [-0.4, -0.2) is 14.5 Å². The monoisotopic (exact) mass is 263 g/mol. The van der Waals surface area contributed by atoms with Crippen LogP contribution in [0.2, 0.25) is 0 Å². The Morgan fingerprint density at radius 2 is 1.59 bits per heavy atom. The van der Waals surface area contributed by atoms with Crippen LogP contribution >= 0.6 is 0 Å². The fourth-order valence-corrected chi connectivity index (χ4v) is 2.71. The van der Waals surface area contributed by atoms with E-state index in [0.717, 1.165) is 18.2 Å². The minimum absolute atomic E-state index is 0.0274. The van der Waals surface area contributed by atoms with Gasteiger partial charge in [0.05, 0.1) is 0 Å². The topological polar surface area (TPSA) is 46.2 Å². The van der Waals surface area contributed by atoms with Gasteiger partial charge < -0.3 is 0 Å². The van der Waals surface area contributed by atoms with E-state index < -0.39 is 32.6 Å². The summed E-state index contributed by atoms with van der Waals surface area (Å²) < 4.78 is 52.5. The third kappa shape index (κ3) is 3.23. The van der Waals surface area contributed by atoms with E-state index in [1.807, 2.05) is 13.8 Å². The van der Waals surface area contributed by atoms with Gasteiger partial charge in [0.2, 0.25) is 10.0 Å². The third-order valence-corrected chi connectivity index (χ3v) is 4.14. The number of rotatable bonds is 4. The smallest absolute Gasteiger partial charge is 0.208 e. The number of nitrogens with one attached hydrogen (secondary N) is 1. The molecule has 0 amide bonds. The molecule has 0 bridgehead atoms. The zero-order chi connectivity index (χ0) is 13.2. The molecular weight excluding hydrogens is 248 g/mol. The highest BCUT2D eigenvalue weighted by Crippen LogP contribution is 2.19. The van der Waals surface area contributed by atoms with E-state index in [1.165, 1.54) is 0 Å². The lowest BCUT2D eigenvalue weighted by Crippen LogP contribution is -2.36. The molecule has 0 aromatic heterocycles. The van der Waals surface area contributed by atoms with Crippen LogP contribution in [0.3, 0.4) is 0 Å². The van der Waals surface area contributed by atoms with E-state index in [9.17, 15) is 17.2 Å². The highest BCUT2D eigenvalue weighted by molar-refractivity contribution is 7.89. The molecular formula is C11H15F2NO2S. The predicted molar refractivity (Wildman–Crippen MR) is 61.0 cm³/mol. The second-order valence-corrected chi connectivity index (χ2v) is 5.86. The molecule has 96 valence electrons. The summed E-state index contributed by atoms with van der Waals surface area (Å²) in [5.74, 6) is -2.15. The van der Waals surface area contributed by atoms with Crippen LogP contribution < -0.4 is 4.72 Å². The van der Waals surface area contributed by atoms with Crippen LogP contribution in [-0.2, 0) is 10.0 Å². The first-order valence-corrected chi connectivity index (χ1v) is 6.70. The molecule has 6 heteroatoms. The molecule has 0 spiro atoms. The lowest BCUT2D eigenvalue weighted by Gasteiger charge is -2.17. The van der Waals surface area contributed by atoms with Crippen LogP contribution in [0.25, 0.3) is 0 Å². The molecule has 1 rings (SSSR count). The molecule has 3 nitrogen and oxygen atoms in total. The van der Waals surface area contributed by atoms with Gasteiger partial charge in [0, 0.05) is 6.04 Å². The van der Waals surface area contributed by atoms with Crippen molar-refractivity contribution in [1.82, 2.24) is 4.72 Å². The minimum Gasteiger partial charge on any atom is -0.208 e. The van der Waals surface area contributed by atoms with Crippen molar-refractivity contribution in [3.05, 3.63) is 29.8 Å². The molecule has 0 radical (unpaired) electrons. The Balaban J connectivity index is 3.14. The van der Waals surface area contributed by atoms with Crippen molar-refractivity contribution in [3.8, 4) is 0 Å². The lowest BCUT2D eigenvalue weighted by atomic mass is 10.1. The van der Waals surface area contributed by atoms with E-state index in [1.54, 1.807) is 6.92 Å². The molecule has 17 heavy (non-hydrogen) atoms. The summed E-state index contributed by atoms with van der Waals surface area (Å²) in [6.45, 7) is 5.26. The maximum Gasteiger partial charge on any atom is 0.246 e. The molecule has 0 aliphatic rings. The Morgan fingerprint density at radius 3 is 2.00 bits per heavy atom. The predicted octanol–water partition coefficient (Wildman–Crippen LogP) is 2.29. The first-order valence-electron chi connectivity index (χ1n) is 5.22. The average Bonchev–Trinajstić information content (AvgIpc) is 2.15. The van der Waals surface area contributed by atoms with Gasteiger partial charge >= 0.3 is 0 Å². The molecule has 1 aromatic rings. The van der Waals surface area contributed by atoms with E-state index in [0.29, 0.717) is 0 Å². The zero-order valence-corrected chi connectivity index (χ0v) is 10.7. The number of halogens is 2. The summed E-state index contributed by atoms with van der Waals surface area (Å²) in [7, 11) is -4.17. The maximum atomic E-state index is 13.3. The van der Waals surface area contributed by atoms with Crippen molar-refractivity contribution >= 4 is 10.0 Å². The van der Waals surface area contributed by atoms with E-state index in [2.05, 4.69) is 4.72 Å². The Morgan fingerprint density at radius 1 is 1.12 bits per heavy atom. The highest BCUT2D eigenvalue weighted by Gasteiger charge is 2.26. The Labute approximate surface area is 99.9 Å². The van der Waals surface area contributed by atoms with Gasteiger partial charge in [-0.25, -0.2) is 21.9 Å². The molecule has 0 heterocycles. The van der Waals surface area contributed by atoms with Gasteiger partial charge in [0.15, 0.2) is 4.90 Å². The number of hydrogen-bond acceptors (Lipinski definition) is 2. The van der Waals surface area contributed by atoms with Crippen LogP contribution in [0, 0.1) is 17.6 Å². The highest BCUT2D eigenvalue weighted by atomic mass is 32.2. The first kappa shape index (κ1) is 14.1. The van der Waals surface area contributed by atoms with Crippen LogP contribution in [0.1, 0.15) is 20.8 Å². The van der Waals surface area contributed by atoms with Gasteiger partial charge in [-0.15, -0.1) is 0 Å². The second-order valence-electron chi connectivity index (χ2n) is 4.20. The van der Waals surface area contributed by atoms with Crippen molar-refractivity contribution in [2.24, 2.45) is 5.92 Å². The molecule has 1 aromatic carbocycles. The molecule has 0 saturated carbocycles. The van der Waals surface area contributed by atoms with Crippen LogP contribution in [0.4, 0.5) is 8.78 Å². The molecule has 1 atom stereocenters. The largest absolute Gasteiger partial charge is 0.246 e. The summed E-state index contributed by atoms with van der Waals surface area (Å²) in [6, 6.07) is 2.55. The minimum atomic E-state index is -4.17. The van der Waals surface area contributed by atoms with Gasteiger partial charge in [-0.05, 0) is 25.0 Å². The molecule has 0 unspecified atom stereocenters. The van der Waals surface area contributed by atoms with Gasteiger partial charge in [-0.3, -0.25) is 0 Å². The van der Waals surface area contributed by atoms with Gasteiger partial charge in [-0.2, -0.15) is 0 Å². The fraction of sp³-hybridized carbons (Fsp3) is 0.455.